The van der Waals surface area contributed by atoms with Gasteiger partial charge in [-0.05, 0) is 58.7 Å². The third-order valence-corrected chi connectivity index (χ3v) is 22.5. The van der Waals surface area contributed by atoms with Crippen LogP contribution < -0.4 is 0 Å². The Balaban J connectivity index is 2.40. The minimum atomic E-state index is -2.42. The van der Waals surface area contributed by atoms with E-state index in [1.165, 1.54) is 0 Å². The second-order valence-corrected chi connectivity index (χ2v) is 24.9. The van der Waals surface area contributed by atoms with Crippen LogP contribution in [0.1, 0.15) is 96.4 Å². The first-order valence-corrected chi connectivity index (χ1v) is 21.2. The van der Waals surface area contributed by atoms with Crippen LogP contribution in [0.5, 0.6) is 0 Å². The van der Waals surface area contributed by atoms with Crippen LogP contribution >= 0.6 is 0 Å². The van der Waals surface area contributed by atoms with Crippen LogP contribution in [-0.2, 0) is 27.9 Å². The lowest BCUT2D eigenvalue weighted by Crippen LogP contribution is -2.66. The normalized spacial score (nSPS) is 31.1. The standard InChI is InChI=1S/C34H58O7Si2/c1-15-42(16-2,17-3)41-30-25(12)27(23(10)19-35)31-34(39-32(37)38-31)18-26(24(11)28(29(30)36)33(34,13)14)40-43(20(4)5,21(6)7)22(8)9/h19-22,25-27,30-31H,10,15-18H2,1-9,11-14H3/t25-,26-,27+,30-,31-,34+/m0/s1. The van der Waals surface area contributed by atoms with E-state index in [0.29, 0.717) is 28.6 Å². The van der Waals surface area contributed by atoms with Crippen molar-refractivity contribution in [2.24, 2.45) is 17.3 Å². The maximum absolute atomic E-state index is 15.1. The quantitative estimate of drug-likeness (QED) is 0.0920. The summed E-state index contributed by atoms with van der Waals surface area (Å²) in [6, 6.07) is 2.62. The van der Waals surface area contributed by atoms with Gasteiger partial charge >= 0.3 is 6.16 Å². The van der Waals surface area contributed by atoms with Crippen LogP contribution in [0.4, 0.5) is 4.79 Å². The molecule has 244 valence electrons. The Labute approximate surface area is 262 Å². The fraction of sp³-hybridized carbons (Fsp3) is 0.794. The lowest BCUT2D eigenvalue weighted by molar-refractivity contribution is -0.146. The predicted octanol–water partition coefficient (Wildman–Crippen LogP) is 8.55. The number of ketones is 1. The highest BCUT2D eigenvalue weighted by Gasteiger charge is 2.70. The minimum Gasteiger partial charge on any atom is -0.426 e. The summed E-state index contributed by atoms with van der Waals surface area (Å²) < 4.78 is 26.8. The van der Waals surface area contributed by atoms with E-state index in [1.54, 1.807) is 0 Å². The molecule has 2 fully saturated rings. The van der Waals surface area contributed by atoms with Crippen LogP contribution in [0.3, 0.4) is 0 Å². The molecule has 0 unspecified atom stereocenters. The Kier molecular flexibility index (Phi) is 10.6. The lowest BCUT2D eigenvalue weighted by Gasteiger charge is -2.57. The number of aldehydes is 1. The van der Waals surface area contributed by atoms with Crippen molar-refractivity contribution in [3.8, 4) is 0 Å². The number of hydrogen-bond donors (Lipinski definition) is 0. The summed E-state index contributed by atoms with van der Waals surface area (Å²) in [7, 11) is -4.71. The number of Topliss-reactive ketones (excluding diaryl/α,β-unsaturated/α-hetero) is 1. The van der Waals surface area contributed by atoms with Crippen LogP contribution in [0.2, 0.25) is 34.8 Å². The molecule has 0 radical (unpaired) electrons. The Bertz CT molecular complexity index is 1110. The van der Waals surface area contributed by atoms with Crippen molar-refractivity contribution in [1.82, 2.24) is 0 Å². The number of carbonyl (C=O) groups excluding carboxylic acids is 3. The molecule has 1 saturated heterocycles. The molecule has 0 N–H and O–H groups in total. The number of carbonyl (C=O) groups is 3. The molecule has 3 aliphatic rings. The van der Waals surface area contributed by atoms with Gasteiger partial charge in [0.15, 0.2) is 25.8 Å². The van der Waals surface area contributed by atoms with E-state index in [-0.39, 0.29) is 11.4 Å². The maximum atomic E-state index is 15.1. The Morgan fingerprint density at radius 1 is 1.00 bits per heavy atom. The molecule has 6 atom stereocenters. The maximum Gasteiger partial charge on any atom is 0.509 e. The summed E-state index contributed by atoms with van der Waals surface area (Å²) in [4.78, 5) is 40.7. The van der Waals surface area contributed by atoms with E-state index >= 15 is 4.79 Å². The largest absolute Gasteiger partial charge is 0.509 e. The SMILES string of the molecule is C=C(C=O)[C@@H]1[C@H](C)[C@H](O[Si](CC)(CC)CC)C(=O)C2=C(C)[C@@H](O[Si](C(C)C)(C(C)C)C(C)C)C[C@]3(OC(=O)O[C@@H]13)C2(C)C. The topological polar surface area (TPSA) is 88.1 Å². The molecule has 7 nitrogen and oxygen atoms in total. The average molecular weight is 635 g/mol. The molecule has 0 aromatic rings. The van der Waals surface area contributed by atoms with E-state index in [1.807, 2.05) is 27.7 Å². The van der Waals surface area contributed by atoms with Crippen molar-refractivity contribution in [3.05, 3.63) is 23.3 Å². The van der Waals surface area contributed by atoms with E-state index < -0.39 is 64.0 Å². The molecular formula is C34H58O7Si2. The summed E-state index contributed by atoms with van der Waals surface area (Å²) in [5.41, 5.74) is 0.596. The molecule has 43 heavy (non-hydrogen) atoms. The van der Waals surface area contributed by atoms with Crippen molar-refractivity contribution in [3.63, 3.8) is 0 Å². The molecule has 0 aromatic heterocycles. The predicted molar refractivity (Wildman–Crippen MR) is 176 cm³/mol. The number of ether oxygens (including phenoxy) is 2. The number of hydrogen-bond acceptors (Lipinski definition) is 7. The van der Waals surface area contributed by atoms with Crippen molar-refractivity contribution < 1.29 is 32.7 Å². The van der Waals surface area contributed by atoms with Gasteiger partial charge in [0.2, 0.25) is 8.32 Å². The van der Waals surface area contributed by atoms with Gasteiger partial charge in [-0.1, -0.05) is 89.7 Å². The smallest absolute Gasteiger partial charge is 0.426 e. The van der Waals surface area contributed by atoms with Crippen molar-refractivity contribution >= 4 is 34.9 Å². The summed E-state index contributed by atoms with van der Waals surface area (Å²) in [6.45, 7) is 31.9. The van der Waals surface area contributed by atoms with Gasteiger partial charge in [-0.3, -0.25) is 9.59 Å². The van der Waals surface area contributed by atoms with Gasteiger partial charge in [0.1, 0.15) is 12.4 Å². The second-order valence-electron chi connectivity index (χ2n) is 14.8. The fourth-order valence-corrected chi connectivity index (χ4v) is 17.6. The first kappa shape index (κ1) is 35.9. The fourth-order valence-electron chi connectivity index (χ4n) is 9.16. The van der Waals surface area contributed by atoms with Crippen LogP contribution in [0.25, 0.3) is 0 Å². The van der Waals surface area contributed by atoms with Gasteiger partial charge in [-0.2, -0.15) is 0 Å². The van der Waals surface area contributed by atoms with Gasteiger partial charge < -0.3 is 18.3 Å². The van der Waals surface area contributed by atoms with Gasteiger partial charge in [0.25, 0.3) is 0 Å². The number of fused-ring (bicyclic) bond motifs is 1. The Morgan fingerprint density at radius 3 is 1.95 bits per heavy atom. The molecule has 9 heteroatoms. The van der Waals surface area contributed by atoms with Gasteiger partial charge in [0.05, 0.1) is 6.10 Å². The highest BCUT2D eigenvalue weighted by molar-refractivity contribution is 6.77. The molecular weight excluding hydrogens is 577 g/mol. The zero-order chi connectivity index (χ0) is 32.9. The second kappa shape index (κ2) is 12.7. The number of rotatable bonds is 12. The molecule has 2 bridgehead atoms. The average Bonchev–Trinajstić information content (AvgIpc) is 3.26. The molecule has 0 amide bonds. The van der Waals surface area contributed by atoms with Gasteiger partial charge in [-0.25, -0.2) is 4.79 Å². The van der Waals surface area contributed by atoms with Crippen LogP contribution in [0, 0.1) is 17.3 Å². The van der Waals surface area contributed by atoms with E-state index in [0.717, 1.165) is 30.0 Å². The summed E-state index contributed by atoms with van der Waals surface area (Å²) >= 11 is 0. The molecule has 2 aliphatic carbocycles. The highest BCUT2D eigenvalue weighted by atomic mass is 28.4. The summed E-state index contributed by atoms with van der Waals surface area (Å²) in [5.74, 6) is -1.21. The summed E-state index contributed by atoms with van der Waals surface area (Å²) in [5, 5.41) is 0. The molecule has 1 saturated carbocycles. The molecule has 3 rings (SSSR count). The van der Waals surface area contributed by atoms with Crippen LogP contribution in [0.15, 0.2) is 23.3 Å². The van der Waals surface area contributed by atoms with Crippen molar-refractivity contribution in [1.29, 1.82) is 0 Å². The lowest BCUT2D eigenvalue weighted by atomic mass is 9.53. The van der Waals surface area contributed by atoms with Gasteiger partial charge in [-0.15, -0.1) is 0 Å². The van der Waals surface area contributed by atoms with E-state index in [2.05, 4.69) is 68.9 Å². The molecule has 1 heterocycles. The van der Waals surface area contributed by atoms with Gasteiger partial charge in [0, 0.05) is 23.3 Å². The first-order valence-electron chi connectivity index (χ1n) is 16.5. The minimum absolute atomic E-state index is 0.0918. The Morgan fingerprint density at radius 2 is 1.51 bits per heavy atom. The summed E-state index contributed by atoms with van der Waals surface area (Å²) in [6.07, 6.45) is -1.79. The molecule has 1 spiro atoms. The first-order chi connectivity index (χ1) is 19.9. The molecule has 1 aliphatic heterocycles. The monoisotopic (exact) mass is 634 g/mol. The van der Waals surface area contributed by atoms with Crippen molar-refractivity contribution in [2.75, 3.05) is 0 Å². The van der Waals surface area contributed by atoms with E-state index in [9.17, 15) is 9.59 Å². The third-order valence-electron chi connectivity index (χ3n) is 11.8. The zero-order valence-electron chi connectivity index (χ0n) is 29.1. The van der Waals surface area contributed by atoms with Crippen molar-refractivity contribution in [2.45, 2.75) is 155 Å². The third kappa shape index (κ3) is 5.48. The van der Waals surface area contributed by atoms with E-state index in [4.69, 9.17) is 18.3 Å². The zero-order valence-corrected chi connectivity index (χ0v) is 31.1. The van der Waals surface area contributed by atoms with Crippen LogP contribution in [-0.4, -0.2) is 58.8 Å². The highest BCUT2D eigenvalue weighted by Crippen LogP contribution is 2.60. The molecule has 0 aromatic carbocycles. The Hall–Kier alpha value is -1.56.